The number of anilines is 1. The van der Waals surface area contributed by atoms with Gasteiger partial charge in [0.15, 0.2) is 0 Å². The van der Waals surface area contributed by atoms with Crippen molar-refractivity contribution in [3.05, 3.63) is 24.3 Å². The van der Waals surface area contributed by atoms with Crippen LogP contribution < -0.4 is 11.1 Å². The zero-order valence-corrected chi connectivity index (χ0v) is 12.0. The van der Waals surface area contributed by atoms with E-state index in [-0.39, 0.29) is 46.6 Å². The van der Waals surface area contributed by atoms with Crippen molar-refractivity contribution in [2.75, 3.05) is 5.32 Å². The number of nitrogens with two attached hydrogens (primary N) is 1. The van der Waals surface area contributed by atoms with Crippen LogP contribution in [-0.4, -0.2) is 17.5 Å². The minimum atomic E-state index is -4.39. The van der Waals surface area contributed by atoms with E-state index in [1.807, 2.05) is 13.8 Å². The van der Waals surface area contributed by atoms with Crippen molar-refractivity contribution in [2.45, 2.75) is 36.7 Å². The molecule has 0 bridgehead atoms. The Balaban J connectivity index is 2.75. The lowest BCUT2D eigenvalue weighted by Crippen LogP contribution is -2.31. The summed E-state index contributed by atoms with van der Waals surface area (Å²) in [5.41, 5.74) is 1.52. The monoisotopic (exact) mass is 306 g/mol. The van der Waals surface area contributed by atoms with Crippen LogP contribution in [0.15, 0.2) is 29.2 Å². The summed E-state index contributed by atoms with van der Waals surface area (Å²) in [4.78, 5) is 11.7. The molecule has 3 nitrogen and oxygen atoms in total. The van der Waals surface area contributed by atoms with Crippen LogP contribution in [0.3, 0.4) is 0 Å². The summed E-state index contributed by atoms with van der Waals surface area (Å²) in [6, 6.07) is 5.49. The van der Waals surface area contributed by atoms with E-state index in [2.05, 4.69) is 5.32 Å². The molecule has 0 aliphatic carbocycles. The van der Waals surface area contributed by atoms with E-state index in [0.717, 1.165) is 0 Å². The van der Waals surface area contributed by atoms with Crippen molar-refractivity contribution in [3.63, 3.8) is 0 Å². The number of para-hydroxylation sites is 1. The average Bonchev–Trinajstić information content (AvgIpc) is 2.29. The Labute approximate surface area is 120 Å². The number of hydrogen-bond acceptors (Lipinski definition) is 3. The van der Waals surface area contributed by atoms with E-state index in [4.69, 9.17) is 5.73 Å². The van der Waals surface area contributed by atoms with Gasteiger partial charge in [-0.2, -0.15) is 13.2 Å². The SMILES string of the molecule is CC(C)C(N)CC(=O)Nc1ccccc1SC(F)(F)F. The van der Waals surface area contributed by atoms with Gasteiger partial charge < -0.3 is 11.1 Å². The average molecular weight is 306 g/mol. The molecule has 0 aliphatic heterocycles. The first-order valence-electron chi connectivity index (χ1n) is 6.09. The third-order valence-corrected chi connectivity index (χ3v) is 3.47. The number of thioether (sulfide) groups is 1. The molecule has 1 unspecified atom stereocenters. The van der Waals surface area contributed by atoms with Crippen LogP contribution in [0.5, 0.6) is 0 Å². The number of carbonyl (C=O) groups is 1. The highest BCUT2D eigenvalue weighted by atomic mass is 32.2. The van der Waals surface area contributed by atoms with Crippen LogP contribution in [0, 0.1) is 5.92 Å². The maximum absolute atomic E-state index is 12.4. The lowest BCUT2D eigenvalue weighted by atomic mass is 10.0. The molecule has 0 aliphatic rings. The van der Waals surface area contributed by atoms with E-state index >= 15 is 0 Å². The fraction of sp³-hybridized carbons (Fsp3) is 0.462. The van der Waals surface area contributed by atoms with Crippen molar-refractivity contribution >= 4 is 23.4 Å². The third kappa shape index (κ3) is 5.83. The summed E-state index contributed by atoms with van der Waals surface area (Å²) in [5, 5.41) is 2.48. The van der Waals surface area contributed by atoms with Crippen molar-refractivity contribution in [3.8, 4) is 0 Å². The predicted molar refractivity (Wildman–Crippen MR) is 74.4 cm³/mol. The molecule has 0 aromatic heterocycles. The molecule has 1 aromatic carbocycles. The van der Waals surface area contributed by atoms with Crippen LogP contribution >= 0.6 is 11.8 Å². The number of alkyl halides is 3. The fourth-order valence-electron chi connectivity index (χ4n) is 1.43. The molecule has 0 heterocycles. The molecule has 0 saturated carbocycles. The van der Waals surface area contributed by atoms with Gasteiger partial charge in [0, 0.05) is 17.4 Å². The molecule has 112 valence electrons. The number of hydrogen-bond donors (Lipinski definition) is 2. The zero-order valence-electron chi connectivity index (χ0n) is 11.2. The van der Waals surface area contributed by atoms with Gasteiger partial charge in [0.05, 0.1) is 5.69 Å². The minimum Gasteiger partial charge on any atom is -0.327 e. The Kier molecular flexibility index (Phi) is 5.88. The van der Waals surface area contributed by atoms with Crippen molar-refractivity contribution in [1.82, 2.24) is 0 Å². The van der Waals surface area contributed by atoms with E-state index in [1.54, 1.807) is 6.07 Å². The fourth-order valence-corrected chi connectivity index (χ4v) is 2.06. The standard InChI is InChI=1S/C13H17F3N2OS/c1-8(2)9(17)7-12(19)18-10-5-3-4-6-11(10)20-13(14,15)16/h3-6,8-9H,7,17H2,1-2H3,(H,18,19). The van der Waals surface area contributed by atoms with E-state index in [1.165, 1.54) is 18.2 Å². The first-order chi connectivity index (χ1) is 9.19. The maximum Gasteiger partial charge on any atom is 0.446 e. The second kappa shape index (κ2) is 6.99. The maximum atomic E-state index is 12.4. The number of benzene rings is 1. The van der Waals surface area contributed by atoms with Crippen LogP contribution in [0.2, 0.25) is 0 Å². The molecule has 1 atom stereocenters. The topological polar surface area (TPSA) is 55.1 Å². The number of rotatable bonds is 5. The summed E-state index contributed by atoms with van der Waals surface area (Å²) in [6.07, 6.45) is 0.0721. The van der Waals surface area contributed by atoms with E-state index in [9.17, 15) is 18.0 Å². The Morgan fingerprint density at radius 2 is 1.95 bits per heavy atom. The number of halogens is 3. The van der Waals surface area contributed by atoms with Crippen molar-refractivity contribution in [1.29, 1.82) is 0 Å². The lowest BCUT2D eigenvalue weighted by molar-refractivity contribution is -0.116. The first-order valence-corrected chi connectivity index (χ1v) is 6.91. The normalized spacial score (nSPS) is 13.3. The summed E-state index contributed by atoms with van der Waals surface area (Å²) in [6.45, 7) is 3.76. The van der Waals surface area contributed by atoms with Gasteiger partial charge in [0.2, 0.25) is 5.91 Å². The molecule has 3 N–H and O–H groups in total. The van der Waals surface area contributed by atoms with Crippen molar-refractivity contribution in [2.24, 2.45) is 11.7 Å². The summed E-state index contributed by atoms with van der Waals surface area (Å²) >= 11 is -0.251. The molecule has 1 rings (SSSR count). The smallest absolute Gasteiger partial charge is 0.327 e. The van der Waals surface area contributed by atoms with Crippen LogP contribution in [0.4, 0.5) is 18.9 Å². The Hall–Kier alpha value is -1.21. The Morgan fingerprint density at radius 1 is 1.35 bits per heavy atom. The second-order valence-electron chi connectivity index (χ2n) is 4.70. The Bertz CT molecular complexity index is 463. The first kappa shape index (κ1) is 16.8. The van der Waals surface area contributed by atoms with Gasteiger partial charge in [0.1, 0.15) is 0 Å². The summed E-state index contributed by atoms with van der Waals surface area (Å²) in [7, 11) is 0. The molecule has 0 spiro atoms. The lowest BCUT2D eigenvalue weighted by Gasteiger charge is -2.16. The zero-order chi connectivity index (χ0) is 15.3. The van der Waals surface area contributed by atoms with E-state index in [0.29, 0.717) is 0 Å². The largest absolute Gasteiger partial charge is 0.446 e. The van der Waals surface area contributed by atoms with Gasteiger partial charge in [-0.3, -0.25) is 4.79 Å². The molecule has 1 aromatic rings. The van der Waals surface area contributed by atoms with Crippen LogP contribution in [0.25, 0.3) is 0 Å². The van der Waals surface area contributed by atoms with Gasteiger partial charge in [-0.05, 0) is 29.8 Å². The van der Waals surface area contributed by atoms with Crippen LogP contribution in [0.1, 0.15) is 20.3 Å². The third-order valence-electron chi connectivity index (χ3n) is 2.66. The van der Waals surface area contributed by atoms with Gasteiger partial charge in [-0.15, -0.1) is 0 Å². The van der Waals surface area contributed by atoms with Crippen LogP contribution in [-0.2, 0) is 4.79 Å². The highest BCUT2D eigenvalue weighted by Gasteiger charge is 2.30. The molecule has 7 heteroatoms. The highest BCUT2D eigenvalue weighted by Crippen LogP contribution is 2.40. The number of carbonyl (C=O) groups excluding carboxylic acids is 1. The van der Waals surface area contributed by atoms with Gasteiger partial charge in [-0.1, -0.05) is 26.0 Å². The molecule has 0 fully saturated rings. The quantitative estimate of drug-likeness (QED) is 0.817. The summed E-state index contributed by atoms with van der Waals surface area (Å²) < 4.78 is 37.2. The molecular formula is C13H17F3N2OS. The van der Waals surface area contributed by atoms with E-state index < -0.39 is 5.51 Å². The molecule has 0 radical (unpaired) electrons. The van der Waals surface area contributed by atoms with Crippen molar-refractivity contribution < 1.29 is 18.0 Å². The van der Waals surface area contributed by atoms with Gasteiger partial charge >= 0.3 is 5.51 Å². The predicted octanol–water partition coefficient (Wildman–Crippen LogP) is 3.61. The molecule has 1 amide bonds. The van der Waals surface area contributed by atoms with Gasteiger partial charge in [-0.25, -0.2) is 0 Å². The number of amides is 1. The number of nitrogens with one attached hydrogen (secondary N) is 1. The molecule has 0 saturated heterocycles. The minimum absolute atomic E-state index is 0.0357. The van der Waals surface area contributed by atoms with Gasteiger partial charge in [0.25, 0.3) is 0 Å². The Morgan fingerprint density at radius 3 is 2.50 bits per heavy atom. The summed E-state index contributed by atoms with van der Waals surface area (Å²) in [5.74, 6) is -0.262. The second-order valence-corrected chi connectivity index (χ2v) is 5.81. The molecular weight excluding hydrogens is 289 g/mol. The molecule has 20 heavy (non-hydrogen) atoms. The highest BCUT2D eigenvalue weighted by molar-refractivity contribution is 8.00.